The van der Waals surface area contributed by atoms with Crippen molar-refractivity contribution in [2.75, 3.05) is 13.1 Å². The van der Waals surface area contributed by atoms with E-state index in [1.54, 1.807) is 18.2 Å². The van der Waals surface area contributed by atoms with Crippen molar-refractivity contribution in [1.82, 2.24) is 4.90 Å². The van der Waals surface area contributed by atoms with E-state index in [-0.39, 0.29) is 18.4 Å². The second-order valence-corrected chi connectivity index (χ2v) is 6.31. The molecule has 0 bridgehead atoms. The summed E-state index contributed by atoms with van der Waals surface area (Å²) in [5.41, 5.74) is 6.63. The van der Waals surface area contributed by atoms with E-state index in [2.05, 4.69) is 4.40 Å². The molecule has 0 spiro atoms. The molecule has 1 aromatic carbocycles. The molecule has 0 radical (unpaired) electrons. The summed E-state index contributed by atoms with van der Waals surface area (Å²) in [4.78, 5) is 2.29. The maximum atomic E-state index is 11.9. The largest absolute Gasteiger partial charge is 0.354 e. The van der Waals surface area contributed by atoms with E-state index < -0.39 is 10.0 Å². The summed E-state index contributed by atoms with van der Waals surface area (Å²) in [5.74, 6) is 0.556. The highest BCUT2D eigenvalue weighted by molar-refractivity contribution is 7.90. The van der Waals surface area contributed by atoms with Gasteiger partial charge in [0.2, 0.25) is 0 Å². The number of piperidine rings is 1. The van der Waals surface area contributed by atoms with Crippen molar-refractivity contribution in [2.45, 2.75) is 23.8 Å². The number of nitrogens with zero attached hydrogens (tertiary/aromatic N) is 2. The minimum atomic E-state index is -3.52. The fourth-order valence-corrected chi connectivity index (χ4v) is 3.75. The molecule has 0 aliphatic carbocycles. The average Bonchev–Trinajstić information content (AvgIpc) is 2.63. The highest BCUT2D eigenvalue weighted by atomic mass is 35.5. The molecular formula is C12H16ClN3O2S. The van der Waals surface area contributed by atoms with Crippen molar-refractivity contribution in [1.29, 1.82) is 0 Å². The van der Waals surface area contributed by atoms with Crippen molar-refractivity contribution in [3.05, 3.63) is 29.8 Å². The first-order valence-electron chi connectivity index (χ1n) is 6.03. The van der Waals surface area contributed by atoms with Crippen LogP contribution < -0.4 is 5.73 Å². The monoisotopic (exact) mass is 301 g/mol. The topological polar surface area (TPSA) is 75.8 Å². The number of benzene rings is 1. The molecular weight excluding hydrogens is 286 g/mol. The molecule has 2 aliphatic heterocycles. The van der Waals surface area contributed by atoms with Gasteiger partial charge >= 0.3 is 0 Å². The van der Waals surface area contributed by atoms with Crippen LogP contribution in [0.2, 0.25) is 0 Å². The van der Waals surface area contributed by atoms with E-state index in [9.17, 15) is 8.42 Å². The summed E-state index contributed by atoms with van der Waals surface area (Å²) in [6.07, 6.45) is 1.96. The Bertz CT molecular complexity index is 615. The minimum absolute atomic E-state index is 0. The van der Waals surface area contributed by atoms with Gasteiger partial charge in [0.05, 0.1) is 0 Å². The van der Waals surface area contributed by atoms with Crippen molar-refractivity contribution in [3.63, 3.8) is 0 Å². The molecule has 2 heterocycles. The number of sulfonamides is 1. The molecule has 7 heteroatoms. The Morgan fingerprint density at radius 1 is 1.32 bits per heavy atom. The summed E-state index contributed by atoms with van der Waals surface area (Å²) in [7, 11) is -3.52. The van der Waals surface area contributed by atoms with Crippen LogP contribution in [0, 0.1) is 0 Å². The van der Waals surface area contributed by atoms with E-state index >= 15 is 0 Å². The Morgan fingerprint density at radius 3 is 2.79 bits per heavy atom. The van der Waals surface area contributed by atoms with Crippen molar-refractivity contribution >= 4 is 28.3 Å². The number of fused-ring (bicyclic) bond motifs is 1. The van der Waals surface area contributed by atoms with Crippen molar-refractivity contribution in [2.24, 2.45) is 10.1 Å². The number of likely N-dealkylation sites (tertiary alicyclic amines) is 1. The number of nitrogens with two attached hydrogens (primary N) is 1. The van der Waals surface area contributed by atoms with Gasteiger partial charge in [-0.25, -0.2) is 0 Å². The fraction of sp³-hybridized carbons (Fsp3) is 0.417. The summed E-state index contributed by atoms with van der Waals surface area (Å²) >= 11 is 0. The predicted octanol–water partition coefficient (Wildman–Crippen LogP) is 0.980. The maximum absolute atomic E-state index is 11.9. The molecule has 1 saturated heterocycles. The lowest BCUT2D eigenvalue weighted by atomic mass is 10.1. The lowest BCUT2D eigenvalue weighted by molar-refractivity contribution is 0.310. The first kappa shape index (κ1) is 14.3. The molecule has 1 aromatic rings. The van der Waals surface area contributed by atoms with E-state index in [1.807, 2.05) is 11.0 Å². The van der Waals surface area contributed by atoms with Crippen LogP contribution in [0.15, 0.2) is 33.6 Å². The summed E-state index contributed by atoms with van der Waals surface area (Å²) < 4.78 is 27.8. The van der Waals surface area contributed by atoms with Gasteiger partial charge in [-0.3, -0.25) is 0 Å². The molecule has 104 valence electrons. The number of amidine groups is 1. The van der Waals surface area contributed by atoms with Crippen LogP contribution >= 0.6 is 12.4 Å². The Hall–Kier alpha value is -1.11. The predicted molar refractivity (Wildman–Crippen MR) is 76.2 cm³/mol. The van der Waals surface area contributed by atoms with Crippen LogP contribution in [0.1, 0.15) is 18.4 Å². The van der Waals surface area contributed by atoms with Crippen molar-refractivity contribution < 1.29 is 8.42 Å². The Morgan fingerprint density at radius 2 is 2.05 bits per heavy atom. The normalized spacial score (nSPS) is 24.4. The van der Waals surface area contributed by atoms with Gasteiger partial charge in [-0.15, -0.1) is 16.8 Å². The Labute approximate surface area is 119 Å². The third-order valence-corrected chi connectivity index (χ3v) is 4.69. The summed E-state index contributed by atoms with van der Waals surface area (Å²) in [6, 6.07) is 7.05. The van der Waals surface area contributed by atoms with Gasteiger partial charge in [-0.2, -0.15) is 8.42 Å². The van der Waals surface area contributed by atoms with Gasteiger partial charge in [0.15, 0.2) is 5.84 Å². The third-order valence-electron chi connectivity index (χ3n) is 3.37. The van der Waals surface area contributed by atoms with Crippen LogP contribution in [0.5, 0.6) is 0 Å². The molecule has 19 heavy (non-hydrogen) atoms. The van der Waals surface area contributed by atoms with Gasteiger partial charge in [0, 0.05) is 24.7 Å². The quantitative estimate of drug-likeness (QED) is 0.775. The van der Waals surface area contributed by atoms with E-state index in [1.165, 1.54) is 0 Å². The second-order valence-electron chi connectivity index (χ2n) is 4.73. The van der Waals surface area contributed by atoms with Gasteiger partial charge in [-0.05, 0) is 25.0 Å². The summed E-state index contributed by atoms with van der Waals surface area (Å²) in [6.45, 7) is 1.49. The molecule has 1 atom stereocenters. The maximum Gasteiger partial charge on any atom is 0.285 e. The van der Waals surface area contributed by atoms with Crippen LogP contribution in [0.4, 0.5) is 0 Å². The van der Waals surface area contributed by atoms with Crippen LogP contribution in [0.25, 0.3) is 0 Å². The molecule has 5 nitrogen and oxygen atoms in total. The zero-order valence-electron chi connectivity index (χ0n) is 10.3. The lowest BCUT2D eigenvalue weighted by Crippen LogP contribution is -2.45. The minimum Gasteiger partial charge on any atom is -0.354 e. The molecule has 2 N–H and O–H groups in total. The number of halogens is 1. The van der Waals surface area contributed by atoms with E-state index in [4.69, 9.17) is 5.73 Å². The van der Waals surface area contributed by atoms with Gasteiger partial charge in [0.25, 0.3) is 10.0 Å². The molecule has 2 aliphatic rings. The molecule has 1 unspecified atom stereocenters. The number of rotatable bonds is 0. The highest BCUT2D eigenvalue weighted by Crippen LogP contribution is 2.28. The van der Waals surface area contributed by atoms with Crippen molar-refractivity contribution in [3.8, 4) is 0 Å². The fourth-order valence-electron chi connectivity index (χ4n) is 2.52. The molecule has 1 fully saturated rings. The molecule has 0 saturated carbocycles. The number of hydrogen-bond acceptors (Lipinski definition) is 4. The van der Waals surface area contributed by atoms with Gasteiger partial charge < -0.3 is 10.6 Å². The SMILES string of the molecule is Cl.NC1CCCN(C2=NS(=O)(=O)c3ccccc32)C1. The van der Waals surface area contributed by atoms with Gasteiger partial charge in [-0.1, -0.05) is 12.1 Å². The zero-order valence-corrected chi connectivity index (χ0v) is 12.0. The van der Waals surface area contributed by atoms with Crippen LogP contribution in [-0.4, -0.2) is 38.3 Å². The first-order chi connectivity index (χ1) is 8.58. The third kappa shape index (κ3) is 2.48. The van der Waals surface area contributed by atoms with E-state index in [0.717, 1.165) is 19.4 Å². The second kappa shape index (κ2) is 5.11. The first-order valence-corrected chi connectivity index (χ1v) is 7.47. The summed E-state index contributed by atoms with van der Waals surface area (Å²) in [5, 5.41) is 0. The standard InChI is InChI=1S/C12H15N3O2S.ClH/c13-9-4-3-7-15(8-9)12-10-5-1-2-6-11(10)18(16,17)14-12;/h1-2,5-6,9H,3-4,7-8,13H2;1H. The lowest BCUT2D eigenvalue weighted by Gasteiger charge is -2.32. The molecule has 0 aromatic heterocycles. The Balaban J connectivity index is 0.00000133. The van der Waals surface area contributed by atoms with Crippen LogP contribution in [-0.2, 0) is 10.0 Å². The molecule has 3 rings (SSSR count). The average molecular weight is 302 g/mol. The molecule has 0 amide bonds. The highest BCUT2D eigenvalue weighted by Gasteiger charge is 2.32. The van der Waals surface area contributed by atoms with Gasteiger partial charge in [0.1, 0.15) is 4.90 Å². The zero-order chi connectivity index (χ0) is 12.8. The van der Waals surface area contributed by atoms with E-state index in [0.29, 0.717) is 22.8 Å². The number of hydrogen-bond donors (Lipinski definition) is 1. The Kier molecular flexibility index (Phi) is 3.85. The smallest absolute Gasteiger partial charge is 0.285 e. The van der Waals surface area contributed by atoms with Crippen LogP contribution in [0.3, 0.4) is 0 Å².